The van der Waals surface area contributed by atoms with Crippen LogP contribution in [0.2, 0.25) is 0 Å². The van der Waals surface area contributed by atoms with Crippen molar-refractivity contribution in [2.75, 3.05) is 12.8 Å². The summed E-state index contributed by atoms with van der Waals surface area (Å²) < 4.78 is 40.4. The van der Waals surface area contributed by atoms with Gasteiger partial charge in [0.1, 0.15) is 28.5 Å². The highest BCUT2D eigenvalue weighted by Gasteiger charge is 2.18. The van der Waals surface area contributed by atoms with Gasteiger partial charge in [-0.1, -0.05) is 0 Å². The molecule has 5 nitrogen and oxygen atoms in total. The summed E-state index contributed by atoms with van der Waals surface area (Å²) in [4.78, 5) is 4.08. The summed E-state index contributed by atoms with van der Waals surface area (Å²) in [7, 11) is 3.05. The summed E-state index contributed by atoms with van der Waals surface area (Å²) in [5.41, 5.74) is 6.25. The lowest BCUT2D eigenvalue weighted by atomic mass is 10.2. The smallest absolute Gasteiger partial charge is 0.167 e. The largest absolute Gasteiger partial charge is 0.494 e. The monoisotopic (exact) mass is 383 g/mol. The maximum absolute atomic E-state index is 14.2. The van der Waals surface area contributed by atoms with Crippen LogP contribution in [-0.4, -0.2) is 16.7 Å². The third kappa shape index (κ3) is 2.59. The van der Waals surface area contributed by atoms with E-state index in [1.54, 1.807) is 17.7 Å². The number of fused-ring (bicyclic) bond motifs is 1. The number of aryl methyl sites for hydroxylation is 1. The van der Waals surface area contributed by atoms with Crippen LogP contribution in [0.3, 0.4) is 0 Å². The number of rotatable bonds is 3. The maximum Gasteiger partial charge on any atom is 0.167 e. The summed E-state index contributed by atoms with van der Waals surface area (Å²) in [6.45, 7) is 0. The Morgan fingerprint density at radius 3 is 2.65 bits per heavy atom. The molecule has 2 N–H and O–H groups in total. The van der Waals surface area contributed by atoms with E-state index in [9.17, 15) is 8.78 Å². The van der Waals surface area contributed by atoms with E-state index >= 15 is 0 Å². The molecule has 0 saturated carbocycles. The summed E-state index contributed by atoms with van der Waals surface area (Å²) in [6, 6.07) is 4.19. The minimum absolute atomic E-state index is 0.0253. The first kappa shape index (κ1) is 15.5. The fraction of sp³-hybridized carbons (Fsp3) is 0.133. The van der Waals surface area contributed by atoms with Gasteiger partial charge < -0.3 is 19.8 Å². The Kier molecular flexibility index (Phi) is 3.85. The zero-order valence-electron chi connectivity index (χ0n) is 12.2. The second-order valence-corrected chi connectivity index (χ2v) is 5.64. The first-order valence-corrected chi connectivity index (χ1v) is 7.31. The molecule has 3 rings (SSSR count). The molecule has 0 saturated heterocycles. The molecule has 3 aromatic rings. The predicted molar refractivity (Wildman–Crippen MR) is 85.8 cm³/mol. The van der Waals surface area contributed by atoms with Gasteiger partial charge in [-0.15, -0.1) is 0 Å². The summed E-state index contributed by atoms with van der Waals surface area (Å²) in [6.07, 6.45) is 1.50. The number of ether oxygens (including phenoxy) is 2. The Morgan fingerprint density at radius 2 is 1.96 bits per heavy atom. The average molecular weight is 384 g/mol. The molecule has 0 bridgehead atoms. The SMILES string of the molecule is COc1cc(Oc2cc(F)c3c(c2)ncn3C)c(Br)c(F)c1N. The lowest BCUT2D eigenvalue weighted by Gasteiger charge is -2.13. The van der Waals surface area contributed by atoms with Gasteiger partial charge in [-0.3, -0.25) is 0 Å². The number of benzene rings is 2. The van der Waals surface area contributed by atoms with Gasteiger partial charge in [0.25, 0.3) is 0 Å². The Morgan fingerprint density at radius 1 is 1.22 bits per heavy atom. The van der Waals surface area contributed by atoms with Gasteiger partial charge in [-0.25, -0.2) is 13.8 Å². The number of nitrogen functional groups attached to an aromatic ring is 1. The molecular weight excluding hydrogens is 372 g/mol. The summed E-state index contributed by atoms with van der Waals surface area (Å²) >= 11 is 3.08. The minimum Gasteiger partial charge on any atom is -0.494 e. The Bertz CT molecular complexity index is 912. The first-order valence-electron chi connectivity index (χ1n) is 6.52. The number of imidazole rings is 1. The lowest BCUT2D eigenvalue weighted by molar-refractivity contribution is 0.405. The van der Waals surface area contributed by atoms with Gasteiger partial charge >= 0.3 is 0 Å². The van der Waals surface area contributed by atoms with Gasteiger partial charge in [-0.05, 0) is 15.9 Å². The molecule has 1 aromatic heterocycles. The van der Waals surface area contributed by atoms with Crippen molar-refractivity contribution in [3.8, 4) is 17.2 Å². The number of hydrogen-bond donors (Lipinski definition) is 1. The molecular formula is C15H12BrF2N3O2. The van der Waals surface area contributed by atoms with Crippen molar-refractivity contribution in [2.24, 2.45) is 7.05 Å². The Labute approximate surface area is 138 Å². The molecule has 120 valence electrons. The lowest BCUT2D eigenvalue weighted by Crippen LogP contribution is -1.99. The van der Waals surface area contributed by atoms with Crippen LogP contribution in [-0.2, 0) is 7.05 Å². The zero-order valence-corrected chi connectivity index (χ0v) is 13.8. The number of nitrogens with two attached hydrogens (primary N) is 1. The minimum atomic E-state index is -0.710. The number of anilines is 1. The van der Waals surface area contributed by atoms with Crippen LogP contribution in [0.15, 0.2) is 29.0 Å². The molecule has 0 aliphatic carbocycles. The van der Waals surface area contributed by atoms with Crippen LogP contribution in [0.25, 0.3) is 11.0 Å². The molecule has 0 spiro atoms. The molecule has 0 aliphatic rings. The van der Waals surface area contributed by atoms with Crippen LogP contribution in [0, 0.1) is 11.6 Å². The van der Waals surface area contributed by atoms with Crippen molar-refractivity contribution in [3.63, 3.8) is 0 Å². The molecule has 0 unspecified atom stereocenters. The van der Waals surface area contributed by atoms with Gasteiger partial charge in [0.2, 0.25) is 0 Å². The van der Waals surface area contributed by atoms with Crippen LogP contribution >= 0.6 is 15.9 Å². The molecule has 2 aromatic carbocycles. The van der Waals surface area contributed by atoms with Crippen molar-refractivity contribution in [1.29, 1.82) is 0 Å². The molecule has 0 radical (unpaired) electrons. The highest BCUT2D eigenvalue weighted by Crippen LogP contribution is 2.40. The molecule has 0 aliphatic heterocycles. The standard InChI is InChI=1S/C15H12BrF2N3O2/c1-21-6-20-9-4-7(3-8(17)15(9)21)23-10-5-11(22-2)14(19)13(18)12(10)16/h3-6H,19H2,1-2H3. The van der Waals surface area contributed by atoms with E-state index in [-0.39, 0.29) is 27.4 Å². The molecule has 0 fully saturated rings. The van der Waals surface area contributed by atoms with Crippen molar-refractivity contribution < 1.29 is 18.3 Å². The average Bonchev–Trinajstić information content (AvgIpc) is 2.89. The highest BCUT2D eigenvalue weighted by molar-refractivity contribution is 9.10. The van der Waals surface area contributed by atoms with Gasteiger partial charge in [0, 0.05) is 25.2 Å². The second kappa shape index (κ2) is 5.69. The fourth-order valence-corrected chi connectivity index (χ4v) is 2.65. The molecule has 23 heavy (non-hydrogen) atoms. The van der Waals surface area contributed by atoms with Gasteiger partial charge in [0.05, 0.1) is 23.4 Å². The van der Waals surface area contributed by atoms with Crippen LogP contribution in [0.4, 0.5) is 14.5 Å². The first-order chi connectivity index (χ1) is 10.9. The van der Waals surface area contributed by atoms with Crippen molar-refractivity contribution in [1.82, 2.24) is 9.55 Å². The van der Waals surface area contributed by atoms with Gasteiger partial charge in [0.15, 0.2) is 11.6 Å². The number of methoxy groups -OCH3 is 1. The molecule has 0 atom stereocenters. The maximum atomic E-state index is 14.2. The molecule has 0 amide bonds. The van der Waals surface area contributed by atoms with E-state index in [0.717, 1.165) is 0 Å². The zero-order chi connectivity index (χ0) is 16.7. The van der Waals surface area contributed by atoms with Crippen LogP contribution in [0.1, 0.15) is 0 Å². The molecule has 1 heterocycles. The van der Waals surface area contributed by atoms with E-state index in [1.807, 2.05) is 0 Å². The Hall–Kier alpha value is -2.35. The third-order valence-electron chi connectivity index (χ3n) is 3.36. The van der Waals surface area contributed by atoms with Crippen LogP contribution in [0.5, 0.6) is 17.2 Å². The van der Waals surface area contributed by atoms with E-state index < -0.39 is 11.6 Å². The number of aromatic nitrogens is 2. The van der Waals surface area contributed by atoms with Crippen molar-refractivity contribution in [2.45, 2.75) is 0 Å². The fourth-order valence-electron chi connectivity index (χ4n) is 2.24. The topological polar surface area (TPSA) is 62.3 Å². The predicted octanol–water partition coefficient (Wildman–Crippen LogP) is 4.00. The molecule has 8 heteroatoms. The quantitative estimate of drug-likeness (QED) is 0.694. The van der Waals surface area contributed by atoms with Crippen LogP contribution < -0.4 is 15.2 Å². The van der Waals surface area contributed by atoms with E-state index in [0.29, 0.717) is 11.0 Å². The Balaban J connectivity index is 2.07. The number of hydrogen-bond acceptors (Lipinski definition) is 4. The second-order valence-electron chi connectivity index (χ2n) is 4.85. The van der Waals surface area contributed by atoms with Crippen molar-refractivity contribution in [3.05, 3.63) is 40.6 Å². The van der Waals surface area contributed by atoms with E-state index in [4.69, 9.17) is 15.2 Å². The number of nitrogens with zero attached hydrogens (tertiary/aromatic N) is 2. The van der Waals surface area contributed by atoms with Gasteiger partial charge in [-0.2, -0.15) is 0 Å². The van der Waals surface area contributed by atoms with E-state index in [1.165, 1.54) is 25.6 Å². The number of halogens is 3. The normalized spacial score (nSPS) is 11.0. The van der Waals surface area contributed by atoms with Crippen molar-refractivity contribution >= 4 is 32.7 Å². The highest BCUT2D eigenvalue weighted by atomic mass is 79.9. The van der Waals surface area contributed by atoms with E-state index in [2.05, 4.69) is 20.9 Å². The third-order valence-corrected chi connectivity index (χ3v) is 4.10. The summed E-state index contributed by atoms with van der Waals surface area (Å²) in [5.74, 6) is -0.779. The summed E-state index contributed by atoms with van der Waals surface area (Å²) in [5, 5.41) is 0.